The Labute approximate surface area is 127 Å². The molecule has 3 nitrogen and oxygen atoms in total. The Kier molecular flexibility index (Phi) is 4.59. The van der Waals surface area contributed by atoms with Crippen molar-refractivity contribution in [3.63, 3.8) is 0 Å². The summed E-state index contributed by atoms with van der Waals surface area (Å²) in [6.45, 7) is -0.199. The van der Waals surface area contributed by atoms with Crippen LogP contribution in [0.1, 0.15) is 4.88 Å². The number of hydrogen-bond donors (Lipinski definition) is 1. The molecule has 0 atom stereocenters. The molecule has 0 unspecified atom stereocenters. The van der Waals surface area contributed by atoms with Crippen molar-refractivity contribution in [3.05, 3.63) is 37.2 Å². The Morgan fingerprint density at radius 1 is 1.11 bits per heavy atom. The van der Waals surface area contributed by atoms with E-state index in [1.54, 1.807) is 0 Å². The van der Waals surface area contributed by atoms with Crippen molar-refractivity contribution < 1.29 is 9.84 Å². The number of benzene rings is 1. The molecule has 0 saturated carbocycles. The Hall–Kier alpha value is -0.230. The highest BCUT2D eigenvalue weighted by Gasteiger charge is 2.13. The zero-order valence-electron chi connectivity index (χ0n) is 8.58. The van der Waals surface area contributed by atoms with E-state index in [0.717, 1.165) is 11.3 Å². The first kappa shape index (κ1) is 14.2. The highest BCUT2D eigenvalue weighted by Crippen LogP contribution is 2.38. The van der Waals surface area contributed by atoms with Crippen molar-refractivity contribution in [1.82, 2.24) is 4.98 Å². The predicted octanol–water partition coefficient (Wildman–Crippen LogP) is 5.04. The molecule has 2 aromatic rings. The van der Waals surface area contributed by atoms with E-state index in [9.17, 15) is 0 Å². The van der Waals surface area contributed by atoms with Gasteiger partial charge in [0.2, 0.25) is 0 Å². The minimum Gasteiger partial charge on any atom is -0.429 e. The lowest BCUT2D eigenvalue weighted by Gasteiger charge is -2.05. The van der Waals surface area contributed by atoms with Gasteiger partial charge in [0.05, 0.1) is 26.6 Å². The molecule has 0 aliphatic rings. The van der Waals surface area contributed by atoms with Crippen LogP contribution in [0.5, 0.6) is 10.9 Å². The van der Waals surface area contributed by atoms with Gasteiger partial charge in [-0.2, -0.15) is 4.98 Å². The standard InChI is InChI=1S/C10H5Cl4NO2S/c11-4-1-6(13)7(2-5(4)12)17-10-15-9(14)8(3-16)18-10/h1-2,16H,3H2. The van der Waals surface area contributed by atoms with Crippen LogP contribution in [0.25, 0.3) is 0 Å². The van der Waals surface area contributed by atoms with E-state index in [1.807, 2.05) is 0 Å². The molecule has 0 radical (unpaired) electrons. The van der Waals surface area contributed by atoms with Crippen molar-refractivity contribution in [1.29, 1.82) is 0 Å². The number of nitrogens with zero attached hydrogens (tertiary/aromatic N) is 1. The van der Waals surface area contributed by atoms with Crippen molar-refractivity contribution >= 4 is 57.7 Å². The maximum Gasteiger partial charge on any atom is 0.280 e. The lowest BCUT2D eigenvalue weighted by Crippen LogP contribution is -1.85. The quantitative estimate of drug-likeness (QED) is 0.793. The third kappa shape index (κ3) is 3.02. The van der Waals surface area contributed by atoms with Gasteiger partial charge in [-0.05, 0) is 6.07 Å². The van der Waals surface area contributed by atoms with Crippen molar-refractivity contribution in [2.45, 2.75) is 6.61 Å². The second-order valence-corrected chi connectivity index (χ2v) is 5.78. The van der Waals surface area contributed by atoms with Gasteiger partial charge in [0.25, 0.3) is 5.19 Å². The predicted molar refractivity (Wildman–Crippen MR) is 74.6 cm³/mol. The van der Waals surface area contributed by atoms with Crippen LogP contribution in [-0.4, -0.2) is 10.1 Å². The highest BCUT2D eigenvalue weighted by molar-refractivity contribution is 7.13. The summed E-state index contributed by atoms with van der Waals surface area (Å²) in [4.78, 5) is 4.45. The lowest BCUT2D eigenvalue weighted by molar-refractivity contribution is 0.285. The Balaban J connectivity index is 2.30. The molecule has 0 saturated heterocycles. The summed E-state index contributed by atoms with van der Waals surface area (Å²) < 4.78 is 5.45. The fraction of sp³-hybridized carbons (Fsp3) is 0.100. The molecule has 1 aromatic heterocycles. The zero-order chi connectivity index (χ0) is 13.3. The van der Waals surface area contributed by atoms with Gasteiger partial charge in [-0.1, -0.05) is 57.7 Å². The SMILES string of the molecule is OCc1sc(Oc2cc(Cl)c(Cl)cc2Cl)nc1Cl. The Bertz CT molecular complexity index is 587. The largest absolute Gasteiger partial charge is 0.429 e. The molecule has 1 heterocycles. The lowest BCUT2D eigenvalue weighted by atomic mass is 10.3. The highest BCUT2D eigenvalue weighted by atomic mass is 35.5. The van der Waals surface area contributed by atoms with Gasteiger partial charge < -0.3 is 9.84 Å². The number of rotatable bonds is 3. The van der Waals surface area contributed by atoms with E-state index in [4.69, 9.17) is 56.2 Å². The molecule has 1 aromatic carbocycles. The summed E-state index contributed by atoms with van der Waals surface area (Å²) in [5.41, 5.74) is 0. The molecule has 0 aliphatic heterocycles. The van der Waals surface area contributed by atoms with E-state index in [-0.39, 0.29) is 17.0 Å². The second-order valence-electron chi connectivity index (χ2n) is 3.15. The van der Waals surface area contributed by atoms with Crippen LogP contribution < -0.4 is 4.74 Å². The number of aliphatic hydroxyl groups is 1. The summed E-state index contributed by atoms with van der Waals surface area (Å²) in [6, 6.07) is 2.96. The van der Waals surface area contributed by atoms with E-state index in [2.05, 4.69) is 4.98 Å². The smallest absolute Gasteiger partial charge is 0.280 e. The van der Waals surface area contributed by atoms with Crippen molar-refractivity contribution in [2.24, 2.45) is 0 Å². The molecule has 0 fully saturated rings. The second kappa shape index (κ2) is 5.82. The van der Waals surface area contributed by atoms with Crippen LogP contribution in [0.15, 0.2) is 12.1 Å². The fourth-order valence-electron chi connectivity index (χ4n) is 1.13. The minimum atomic E-state index is -0.199. The van der Waals surface area contributed by atoms with Gasteiger partial charge in [0.1, 0.15) is 5.15 Å². The van der Waals surface area contributed by atoms with Crippen molar-refractivity contribution in [3.8, 4) is 10.9 Å². The van der Waals surface area contributed by atoms with Gasteiger partial charge in [-0.3, -0.25) is 0 Å². The normalized spacial score (nSPS) is 10.7. The average Bonchev–Trinajstić information content (AvgIpc) is 2.66. The molecular formula is C10H5Cl4NO2S. The minimum absolute atomic E-state index is 0.199. The van der Waals surface area contributed by atoms with E-state index < -0.39 is 0 Å². The summed E-state index contributed by atoms with van der Waals surface area (Å²) in [6.07, 6.45) is 0. The first-order valence-corrected chi connectivity index (χ1v) is 6.92. The van der Waals surface area contributed by atoms with Gasteiger partial charge in [0.15, 0.2) is 5.75 Å². The molecule has 18 heavy (non-hydrogen) atoms. The molecule has 0 aliphatic carbocycles. The first-order chi connectivity index (χ1) is 8.51. The average molecular weight is 345 g/mol. The van der Waals surface area contributed by atoms with Gasteiger partial charge in [0, 0.05) is 6.07 Å². The summed E-state index contributed by atoms with van der Waals surface area (Å²) in [5.74, 6) is 0.320. The maximum atomic E-state index is 9.00. The summed E-state index contributed by atoms with van der Waals surface area (Å²) >= 11 is 24.5. The summed E-state index contributed by atoms with van der Waals surface area (Å²) in [5, 5.41) is 10.4. The van der Waals surface area contributed by atoms with Crippen LogP contribution in [0.2, 0.25) is 20.2 Å². The molecule has 0 amide bonds. The van der Waals surface area contributed by atoms with Crippen LogP contribution in [0.4, 0.5) is 0 Å². The van der Waals surface area contributed by atoms with Gasteiger partial charge >= 0.3 is 0 Å². The molecular weight excluding hydrogens is 340 g/mol. The van der Waals surface area contributed by atoms with E-state index in [1.165, 1.54) is 12.1 Å². The van der Waals surface area contributed by atoms with Crippen LogP contribution in [0, 0.1) is 0 Å². The maximum absolute atomic E-state index is 9.00. The first-order valence-electron chi connectivity index (χ1n) is 4.59. The zero-order valence-corrected chi connectivity index (χ0v) is 12.4. The Morgan fingerprint density at radius 3 is 2.39 bits per heavy atom. The van der Waals surface area contributed by atoms with Gasteiger partial charge in [-0.15, -0.1) is 0 Å². The molecule has 1 N–H and O–H groups in total. The number of hydrogen-bond acceptors (Lipinski definition) is 4. The van der Waals surface area contributed by atoms with Crippen molar-refractivity contribution in [2.75, 3.05) is 0 Å². The number of aliphatic hydroxyl groups excluding tert-OH is 1. The monoisotopic (exact) mass is 343 g/mol. The number of ether oxygens (including phenoxy) is 1. The fourth-order valence-corrected chi connectivity index (χ4v) is 2.68. The molecule has 0 bridgehead atoms. The number of aromatic nitrogens is 1. The summed E-state index contributed by atoms with van der Waals surface area (Å²) in [7, 11) is 0. The number of thiazole rings is 1. The van der Waals surface area contributed by atoms with E-state index in [0.29, 0.717) is 25.7 Å². The van der Waals surface area contributed by atoms with Crippen LogP contribution in [-0.2, 0) is 6.61 Å². The van der Waals surface area contributed by atoms with Gasteiger partial charge in [-0.25, -0.2) is 0 Å². The topological polar surface area (TPSA) is 42.4 Å². The number of halogens is 4. The molecule has 96 valence electrons. The molecule has 2 rings (SSSR count). The van der Waals surface area contributed by atoms with E-state index >= 15 is 0 Å². The third-order valence-corrected chi connectivity index (χ3v) is 4.31. The van der Waals surface area contributed by atoms with Crippen LogP contribution >= 0.6 is 57.7 Å². The molecule has 8 heteroatoms. The third-order valence-electron chi connectivity index (χ3n) is 1.95. The van der Waals surface area contributed by atoms with Crippen LogP contribution in [0.3, 0.4) is 0 Å². The molecule has 0 spiro atoms. The Morgan fingerprint density at radius 2 is 1.78 bits per heavy atom.